The summed E-state index contributed by atoms with van der Waals surface area (Å²) in [6, 6.07) is 9.79. The molecular weight excluding hydrogens is 308 g/mol. The summed E-state index contributed by atoms with van der Waals surface area (Å²) in [6.07, 6.45) is 1.92. The van der Waals surface area contributed by atoms with E-state index >= 15 is 0 Å². The van der Waals surface area contributed by atoms with E-state index in [1.54, 1.807) is 4.57 Å². The van der Waals surface area contributed by atoms with Gasteiger partial charge in [0.25, 0.3) is 0 Å². The average molecular weight is 326 g/mol. The van der Waals surface area contributed by atoms with E-state index in [2.05, 4.69) is 9.97 Å². The summed E-state index contributed by atoms with van der Waals surface area (Å²) < 4.78 is 7.54. The van der Waals surface area contributed by atoms with Gasteiger partial charge in [0, 0.05) is 18.2 Å². The minimum absolute atomic E-state index is 0.130. The highest BCUT2D eigenvalue weighted by molar-refractivity contribution is 6.00. The molecule has 3 heterocycles. The first-order valence-corrected chi connectivity index (χ1v) is 7.80. The zero-order valence-corrected chi connectivity index (χ0v) is 12.9. The molecule has 3 aromatic rings. The molecule has 0 bridgehead atoms. The third-order valence-electron chi connectivity index (χ3n) is 4.37. The van der Waals surface area contributed by atoms with Gasteiger partial charge in [0.2, 0.25) is 0 Å². The lowest BCUT2D eigenvalue weighted by Crippen LogP contribution is -2.19. The molecule has 1 fully saturated rings. The lowest BCUT2D eigenvalue weighted by atomic mass is 10.1. The molecule has 4 N–H and O–H groups in total. The Labute approximate surface area is 138 Å². The maximum Gasteiger partial charge on any atom is 0.161 e. The zero-order valence-electron chi connectivity index (χ0n) is 12.9. The van der Waals surface area contributed by atoms with Gasteiger partial charge in [-0.1, -0.05) is 30.3 Å². The van der Waals surface area contributed by atoms with Crippen molar-refractivity contribution in [2.45, 2.75) is 24.9 Å². The number of rotatable bonds is 3. The van der Waals surface area contributed by atoms with Crippen LogP contribution in [0.5, 0.6) is 0 Å². The van der Waals surface area contributed by atoms with Gasteiger partial charge in [-0.05, 0) is 5.56 Å². The van der Waals surface area contributed by atoms with Crippen molar-refractivity contribution in [1.82, 2.24) is 14.5 Å². The summed E-state index contributed by atoms with van der Waals surface area (Å²) in [6.45, 7) is -0.130. The molecule has 7 nitrogen and oxygen atoms in total. The van der Waals surface area contributed by atoms with E-state index in [-0.39, 0.29) is 12.7 Å². The predicted molar refractivity (Wildman–Crippen MR) is 89.0 cm³/mol. The van der Waals surface area contributed by atoms with Crippen molar-refractivity contribution in [3.05, 3.63) is 42.9 Å². The number of ether oxygens (including phenoxy) is 1. The minimum Gasteiger partial charge on any atom is -0.394 e. The second-order valence-electron chi connectivity index (χ2n) is 5.91. The van der Waals surface area contributed by atoms with Crippen molar-refractivity contribution in [3.8, 4) is 11.1 Å². The number of aliphatic hydroxyl groups excluding tert-OH is 2. The van der Waals surface area contributed by atoms with Crippen LogP contribution in [0.15, 0.2) is 42.9 Å². The number of aromatic nitrogens is 3. The third-order valence-corrected chi connectivity index (χ3v) is 4.37. The molecule has 124 valence electrons. The lowest BCUT2D eigenvalue weighted by molar-refractivity contribution is -0.0483. The van der Waals surface area contributed by atoms with Crippen molar-refractivity contribution in [3.63, 3.8) is 0 Å². The SMILES string of the molecule is Nc1ncnc2c1c(-c1ccccc1)cn2[C@@H]1O[C@H](CO)C[C@H]1O. The topological polar surface area (TPSA) is 106 Å². The van der Waals surface area contributed by atoms with Crippen LogP contribution in [0.3, 0.4) is 0 Å². The van der Waals surface area contributed by atoms with Gasteiger partial charge in [-0.2, -0.15) is 0 Å². The average Bonchev–Trinajstić information content (AvgIpc) is 3.17. The molecule has 0 amide bonds. The number of nitrogens with zero attached hydrogens (tertiary/aromatic N) is 3. The summed E-state index contributed by atoms with van der Waals surface area (Å²) in [5, 5.41) is 20.3. The zero-order chi connectivity index (χ0) is 16.7. The number of benzene rings is 1. The normalized spacial score (nSPS) is 23.8. The molecule has 24 heavy (non-hydrogen) atoms. The molecule has 0 saturated carbocycles. The molecule has 4 rings (SSSR count). The minimum atomic E-state index is -0.724. The predicted octanol–water partition coefficient (Wildman–Crippen LogP) is 1.32. The van der Waals surface area contributed by atoms with Crippen LogP contribution >= 0.6 is 0 Å². The molecule has 0 aliphatic carbocycles. The molecule has 0 unspecified atom stereocenters. The van der Waals surface area contributed by atoms with Gasteiger partial charge in [-0.15, -0.1) is 0 Å². The lowest BCUT2D eigenvalue weighted by Gasteiger charge is -2.17. The van der Waals surface area contributed by atoms with Gasteiger partial charge >= 0.3 is 0 Å². The van der Waals surface area contributed by atoms with Crippen LogP contribution in [-0.4, -0.2) is 43.6 Å². The molecular formula is C17H18N4O3. The highest BCUT2D eigenvalue weighted by Gasteiger charge is 2.36. The van der Waals surface area contributed by atoms with Gasteiger partial charge in [-0.25, -0.2) is 9.97 Å². The Morgan fingerprint density at radius 3 is 2.75 bits per heavy atom. The van der Waals surface area contributed by atoms with Crippen LogP contribution < -0.4 is 5.73 Å². The van der Waals surface area contributed by atoms with Crippen molar-refractivity contribution in [1.29, 1.82) is 0 Å². The fourth-order valence-electron chi connectivity index (χ4n) is 3.24. The quantitative estimate of drug-likeness (QED) is 0.670. The first-order valence-electron chi connectivity index (χ1n) is 7.80. The van der Waals surface area contributed by atoms with Gasteiger partial charge in [-0.3, -0.25) is 0 Å². The van der Waals surface area contributed by atoms with Crippen molar-refractivity contribution in [2.75, 3.05) is 12.3 Å². The van der Waals surface area contributed by atoms with E-state index in [0.29, 0.717) is 17.9 Å². The third kappa shape index (κ3) is 2.34. The Balaban J connectivity index is 1.90. The smallest absolute Gasteiger partial charge is 0.161 e. The van der Waals surface area contributed by atoms with Crippen molar-refractivity contribution < 1.29 is 14.9 Å². The van der Waals surface area contributed by atoms with Crippen LogP contribution in [0.25, 0.3) is 22.2 Å². The van der Waals surface area contributed by atoms with Gasteiger partial charge in [0.05, 0.1) is 18.1 Å². The van der Waals surface area contributed by atoms with E-state index in [4.69, 9.17) is 10.5 Å². The summed E-state index contributed by atoms with van der Waals surface area (Å²) in [5.41, 5.74) is 8.55. The summed E-state index contributed by atoms with van der Waals surface area (Å²) in [5.74, 6) is 0.379. The van der Waals surface area contributed by atoms with E-state index in [1.807, 2.05) is 36.5 Å². The monoisotopic (exact) mass is 326 g/mol. The first-order chi connectivity index (χ1) is 11.7. The Morgan fingerprint density at radius 1 is 1.25 bits per heavy atom. The van der Waals surface area contributed by atoms with Gasteiger partial charge in [0.15, 0.2) is 6.23 Å². The first kappa shape index (κ1) is 15.1. The maximum atomic E-state index is 10.3. The van der Waals surface area contributed by atoms with Crippen molar-refractivity contribution >= 4 is 16.9 Å². The highest BCUT2D eigenvalue weighted by atomic mass is 16.5. The van der Waals surface area contributed by atoms with E-state index in [1.165, 1.54) is 6.33 Å². The van der Waals surface area contributed by atoms with Crippen LogP contribution in [0.4, 0.5) is 5.82 Å². The van der Waals surface area contributed by atoms with E-state index in [9.17, 15) is 10.2 Å². The summed E-state index contributed by atoms with van der Waals surface area (Å²) in [4.78, 5) is 8.43. The summed E-state index contributed by atoms with van der Waals surface area (Å²) >= 11 is 0. The summed E-state index contributed by atoms with van der Waals surface area (Å²) in [7, 11) is 0. The van der Waals surface area contributed by atoms with Crippen LogP contribution in [0.2, 0.25) is 0 Å². The van der Waals surface area contributed by atoms with Crippen LogP contribution in [0, 0.1) is 0 Å². The fraction of sp³-hybridized carbons (Fsp3) is 0.294. The Kier molecular flexibility index (Phi) is 3.68. The number of fused-ring (bicyclic) bond motifs is 1. The fourth-order valence-corrected chi connectivity index (χ4v) is 3.24. The molecule has 0 spiro atoms. The van der Waals surface area contributed by atoms with Gasteiger partial charge in [0.1, 0.15) is 23.9 Å². The Morgan fingerprint density at radius 2 is 2.04 bits per heavy atom. The molecule has 1 aromatic carbocycles. The molecule has 1 aliphatic rings. The Bertz CT molecular complexity index is 865. The van der Waals surface area contributed by atoms with Crippen LogP contribution in [0.1, 0.15) is 12.6 Å². The Hall–Kier alpha value is -2.48. The molecule has 7 heteroatoms. The van der Waals surface area contributed by atoms with E-state index in [0.717, 1.165) is 16.5 Å². The number of hydrogen-bond acceptors (Lipinski definition) is 6. The second kappa shape index (κ2) is 5.86. The van der Waals surface area contributed by atoms with Gasteiger partial charge < -0.3 is 25.3 Å². The molecule has 2 aromatic heterocycles. The molecule has 1 aliphatic heterocycles. The standard InChI is InChI=1S/C17H18N4O3/c18-15-14-12(10-4-2-1-3-5-10)7-21(16(14)20-9-19-15)17-13(23)6-11(8-22)24-17/h1-5,7,9,11,13,17,22-23H,6,8H2,(H2,18,19,20)/t11-,13+,17+/m0/s1. The molecule has 3 atom stereocenters. The number of anilines is 1. The van der Waals surface area contributed by atoms with E-state index < -0.39 is 12.3 Å². The highest BCUT2D eigenvalue weighted by Crippen LogP contribution is 2.37. The van der Waals surface area contributed by atoms with Crippen molar-refractivity contribution in [2.24, 2.45) is 0 Å². The second-order valence-corrected chi connectivity index (χ2v) is 5.91. The maximum absolute atomic E-state index is 10.3. The number of nitrogen functional groups attached to an aromatic ring is 1. The number of aliphatic hydroxyl groups is 2. The number of hydrogen-bond donors (Lipinski definition) is 3. The number of nitrogens with two attached hydrogens (primary N) is 1. The largest absolute Gasteiger partial charge is 0.394 e. The van der Waals surface area contributed by atoms with Crippen LogP contribution in [-0.2, 0) is 4.74 Å². The molecule has 0 radical (unpaired) electrons. The molecule has 1 saturated heterocycles.